The second kappa shape index (κ2) is 51.9. The Kier molecular flexibility index (Phi) is 43.0. The third-order valence-electron chi connectivity index (χ3n) is 14.4. The number of hydrogen-bond donors (Lipinski definition) is 5. The summed E-state index contributed by atoms with van der Waals surface area (Å²) in [7, 11) is -4.02. The highest BCUT2D eigenvalue weighted by Gasteiger charge is 2.34. The van der Waals surface area contributed by atoms with Gasteiger partial charge in [-0.1, -0.05) is 115 Å². The van der Waals surface area contributed by atoms with Crippen molar-refractivity contribution in [3.05, 3.63) is 197 Å². The molecule has 0 saturated carbocycles. The van der Waals surface area contributed by atoms with Crippen LogP contribution >= 0.6 is 0 Å². The maximum Gasteiger partial charge on any atom is 0.329 e. The standard InChI is InChI=1S/C51H72N2O18.C16H17NO3.C7H8O3S/c54-44-12-10-42(11-13-44)40-47(51(58)71-41-43-6-2-1-3-7-43)52-48(55)14-16-59-18-20-61-22-24-63-26-28-65-30-32-67-34-36-69-38-39-70-37-35-68-33-31-66-29-27-64-25-23-62-21-19-60-17-15-53-49(56)45-8-4-5-9-46(45)50(53)57;17-15(10-12-6-8-14(18)9-7-12)16(19)20-11-13-4-2-1-3-5-13;1-6-2-4-7(5-3-6)11(8,9)10/h1-13,47,54H,14-41H2,(H,52,55);1-9,15,18H,10-11,17H2;2-5H,1H3,(H,8,9,10)/t47-;15-;/m00./s1. The molecule has 102 heavy (non-hydrogen) atoms. The van der Waals surface area contributed by atoms with Gasteiger partial charge in [-0.15, -0.1) is 0 Å². The molecule has 0 aromatic heterocycles. The molecule has 1 aliphatic rings. The summed E-state index contributed by atoms with van der Waals surface area (Å²) in [5, 5.41) is 21.5. The summed E-state index contributed by atoms with van der Waals surface area (Å²) >= 11 is 0. The van der Waals surface area contributed by atoms with Gasteiger partial charge in [0.15, 0.2) is 0 Å². The van der Waals surface area contributed by atoms with Crippen molar-refractivity contribution in [2.75, 3.05) is 165 Å². The number of carbonyl (C=O) groups excluding carboxylic acids is 5. The van der Waals surface area contributed by atoms with E-state index < -0.39 is 34.1 Å². The molecule has 6 N–H and O–H groups in total. The van der Waals surface area contributed by atoms with E-state index in [4.69, 9.17) is 76.6 Å². The number of amides is 3. The number of phenols is 2. The minimum Gasteiger partial charge on any atom is -0.508 e. The van der Waals surface area contributed by atoms with Crippen molar-refractivity contribution in [3.63, 3.8) is 0 Å². The first kappa shape index (κ1) is 84.5. The van der Waals surface area contributed by atoms with Gasteiger partial charge in [-0.05, 0) is 84.1 Å². The molecular formula is C74H97N3O24S. The van der Waals surface area contributed by atoms with Gasteiger partial charge in [0.2, 0.25) is 5.91 Å². The van der Waals surface area contributed by atoms with Crippen LogP contribution in [0.25, 0.3) is 0 Å². The Morgan fingerprint density at radius 2 is 0.735 bits per heavy atom. The number of nitrogens with zero attached hydrogens (tertiary/aromatic N) is 1. The van der Waals surface area contributed by atoms with Gasteiger partial charge in [-0.2, -0.15) is 8.42 Å². The number of fused-ring (bicyclic) bond motifs is 1. The summed E-state index contributed by atoms with van der Waals surface area (Å²) in [6, 6.07) is 43.0. The molecule has 0 fully saturated rings. The highest BCUT2D eigenvalue weighted by atomic mass is 32.2. The second-order valence-corrected chi connectivity index (χ2v) is 23.8. The van der Waals surface area contributed by atoms with E-state index in [2.05, 4.69) is 5.32 Å². The van der Waals surface area contributed by atoms with Crippen LogP contribution in [0.3, 0.4) is 0 Å². The molecule has 0 aliphatic carbocycles. The number of aryl methyl sites for hydroxylation is 1. The lowest BCUT2D eigenvalue weighted by atomic mass is 10.1. The fourth-order valence-electron chi connectivity index (χ4n) is 8.96. The van der Waals surface area contributed by atoms with Gasteiger partial charge in [0.25, 0.3) is 21.9 Å². The number of esters is 2. The van der Waals surface area contributed by atoms with Gasteiger partial charge in [0, 0.05) is 12.8 Å². The number of carbonyl (C=O) groups is 5. The van der Waals surface area contributed by atoms with Crippen LogP contribution in [0.2, 0.25) is 0 Å². The quantitative estimate of drug-likeness (QED) is 0.0121. The van der Waals surface area contributed by atoms with E-state index in [1.165, 1.54) is 29.2 Å². The van der Waals surface area contributed by atoms with Crippen molar-refractivity contribution in [3.8, 4) is 11.5 Å². The summed E-state index contributed by atoms with van der Waals surface area (Å²) < 4.78 is 106. The molecule has 0 radical (unpaired) electrons. The number of benzene rings is 6. The third-order valence-corrected chi connectivity index (χ3v) is 15.2. The lowest BCUT2D eigenvalue weighted by Gasteiger charge is -2.18. The summed E-state index contributed by atoms with van der Waals surface area (Å²) in [6.45, 7) is 12.0. The van der Waals surface area contributed by atoms with E-state index in [1.807, 2.05) is 67.6 Å². The van der Waals surface area contributed by atoms with E-state index in [9.17, 15) is 42.6 Å². The molecule has 1 aliphatic heterocycles. The van der Waals surface area contributed by atoms with E-state index in [1.54, 1.807) is 72.8 Å². The molecule has 0 saturated heterocycles. The molecule has 7 rings (SSSR count). The molecule has 1 heterocycles. The highest BCUT2D eigenvalue weighted by Crippen LogP contribution is 2.22. The summed E-state index contributed by atoms with van der Waals surface area (Å²) in [4.78, 5) is 63.2. The first-order valence-corrected chi connectivity index (χ1v) is 35.0. The van der Waals surface area contributed by atoms with Crippen LogP contribution in [-0.4, -0.2) is 235 Å². The zero-order valence-electron chi connectivity index (χ0n) is 57.7. The Labute approximate surface area is 596 Å². The smallest absolute Gasteiger partial charge is 0.329 e. The highest BCUT2D eigenvalue weighted by molar-refractivity contribution is 7.85. The predicted molar refractivity (Wildman–Crippen MR) is 373 cm³/mol. The van der Waals surface area contributed by atoms with Crippen LogP contribution in [0.1, 0.15) is 55.0 Å². The van der Waals surface area contributed by atoms with E-state index >= 15 is 0 Å². The second-order valence-electron chi connectivity index (χ2n) is 22.3. The minimum atomic E-state index is -4.02. The zero-order chi connectivity index (χ0) is 73.1. The molecule has 27 nitrogen and oxygen atoms in total. The SMILES string of the molecule is Cc1ccc(S(=O)(=O)O)cc1.N[C@@H](Cc1ccc(O)cc1)C(=O)OCc1ccccc1.O=C(CCOCCOCCOCCOCCOCCOCCOCCOCCOCCOCCOCCOCCN1C(=O)c2ccccc2C1=O)N[C@@H](Cc1ccc(O)cc1)C(=O)OCc1ccccc1. The van der Waals surface area contributed by atoms with Crippen LogP contribution in [0, 0.1) is 6.92 Å². The Hall–Kier alpha value is -8.14. The molecule has 28 heteroatoms. The third kappa shape index (κ3) is 37.7. The Morgan fingerprint density at radius 3 is 1.10 bits per heavy atom. The first-order valence-electron chi connectivity index (χ1n) is 33.5. The maximum absolute atomic E-state index is 12.9. The Balaban J connectivity index is 0.000000488. The van der Waals surface area contributed by atoms with Gasteiger partial charge in [-0.25, -0.2) is 4.79 Å². The molecule has 0 unspecified atom stereocenters. The molecule has 3 amide bonds. The summed E-state index contributed by atoms with van der Waals surface area (Å²) in [5.74, 6) is -1.60. The van der Waals surface area contributed by atoms with Gasteiger partial charge < -0.3 is 87.6 Å². The number of hydrogen-bond acceptors (Lipinski definition) is 24. The van der Waals surface area contributed by atoms with Crippen molar-refractivity contribution < 1.29 is 113 Å². The minimum absolute atomic E-state index is 0.0586. The van der Waals surface area contributed by atoms with E-state index in [-0.39, 0.29) is 79.9 Å². The summed E-state index contributed by atoms with van der Waals surface area (Å²) in [5.41, 5.74) is 11.0. The van der Waals surface area contributed by atoms with Crippen LogP contribution in [0.5, 0.6) is 11.5 Å². The van der Waals surface area contributed by atoms with Crippen molar-refractivity contribution in [2.24, 2.45) is 5.73 Å². The molecule has 0 bridgehead atoms. The van der Waals surface area contributed by atoms with Crippen molar-refractivity contribution >= 4 is 39.8 Å². The fourth-order valence-corrected chi connectivity index (χ4v) is 9.44. The lowest BCUT2D eigenvalue weighted by Crippen LogP contribution is -2.43. The van der Waals surface area contributed by atoms with Crippen molar-refractivity contribution in [1.29, 1.82) is 0 Å². The fraction of sp³-hybridized carbons (Fsp3) is 0.446. The van der Waals surface area contributed by atoms with Gasteiger partial charge in [0.05, 0.1) is 181 Å². The topological polar surface area (TPSA) is 351 Å². The largest absolute Gasteiger partial charge is 0.508 e. The predicted octanol–water partition coefficient (Wildman–Crippen LogP) is 6.30. The average Bonchev–Trinajstić information content (AvgIpc) is 1.65. The van der Waals surface area contributed by atoms with Crippen LogP contribution in [-0.2, 0) is 117 Å². The molecule has 0 spiro atoms. The van der Waals surface area contributed by atoms with Crippen molar-refractivity contribution in [2.45, 2.75) is 56.4 Å². The van der Waals surface area contributed by atoms with Gasteiger partial charge in [0.1, 0.15) is 36.8 Å². The van der Waals surface area contributed by atoms with Crippen LogP contribution < -0.4 is 11.1 Å². The van der Waals surface area contributed by atoms with Gasteiger partial charge >= 0.3 is 11.9 Å². The monoisotopic (exact) mass is 1440 g/mol. The molecular weight excluding hydrogens is 1350 g/mol. The van der Waals surface area contributed by atoms with Gasteiger partial charge in [-0.3, -0.25) is 28.6 Å². The number of aromatic hydroxyl groups is 2. The number of nitrogens with two attached hydrogens (primary N) is 1. The summed E-state index contributed by atoms with van der Waals surface area (Å²) in [6.07, 6.45) is 0.651. The number of phenolic OH excluding ortho intramolecular Hbond substituents is 2. The Morgan fingerprint density at radius 1 is 0.412 bits per heavy atom. The van der Waals surface area contributed by atoms with Crippen LogP contribution in [0.15, 0.2) is 163 Å². The van der Waals surface area contributed by atoms with Crippen LogP contribution in [0.4, 0.5) is 0 Å². The number of rotatable bonds is 51. The number of ether oxygens (including phenoxy) is 14. The maximum atomic E-state index is 12.9. The molecule has 558 valence electrons. The van der Waals surface area contributed by atoms with E-state index in [0.717, 1.165) is 27.8 Å². The Bertz CT molecular complexity index is 3340. The average molecular weight is 1440 g/mol. The molecule has 6 aromatic rings. The van der Waals surface area contributed by atoms with E-state index in [0.29, 0.717) is 163 Å². The first-order chi connectivity index (χ1) is 49.6. The number of imide groups is 1. The number of nitrogens with one attached hydrogen (secondary N) is 1. The molecule has 2 atom stereocenters. The molecule has 6 aromatic carbocycles. The lowest BCUT2D eigenvalue weighted by molar-refractivity contribution is -0.149. The normalized spacial score (nSPS) is 12.4. The van der Waals surface area contributed by atoms with Crippen molar-refractivity contribution in [1.82, 2.24) is 10.2 Å². The zero-order valence-corrected chi connectivity index (χ0v) is 58.5.